The predicted octanol–water partition coefficient (Wildman–Crippen LogP) is 1.98. The van der Waals surface area contributed by atoms with Crippen LogP contribution in [0.25, 0.3) is 0 Å². The molecule has 15 heavy (non-hydrogen) atoms. The Labute approximate surface area is 87.7 Å². The highest BCUT2D eigenvalue weighted by atomic mass is 19.1. The standard InChI is InChI=1S/C11H12FNO2/c1-7(2)15-11-4-8(6-14)3-10(12)9(11)5-13/h3-4,7,14H,6H2,1-2H3. The van der Waals surface area contributed by atoms with E-state index >= 15 is 0 Å². The molecule has 4 heteroatoms. The average molecular weight is 209 g/mol. The second-order valence-electron chi connectivity index (χ2n) is 3.39. The van der Waals surface area contributed by atoms with Crippen LogP contribution in [0.2, 0.25) is 0 Å². The monoisotopic (exact) mass is 209 g/mol. The lowest BCUT2D eigenvalue weighted by Gasteiger charge is -2.12. The summed E-state index contributed by atoms with van der Waals surface area (Å²) in [5.41, 5.74) is 0.267. The van der Waals surface area contributed by atoms with Gasteiger partial charge in [0, 0.05) is 0 Å². The smallest absolute Gasteiger partial charge is 0.145 e. The van der Waals surface area contributed by atoms with E-state index in [2.05, 4.69) is 0 Å². The van der Waals surface area contributed by atoms with Gasteiger partial charge in [-0.05, 0) is 31.5 Å². The van der Waals surface area contributed by atoms with E-state index in [9.17, 15) is 4.39 Å². The predicted molar refractivity (Wildman–Crippen MR) is 52.8 cm³/mol. The van der Waals surface area contributed by atoms with E-state index in [1.807, 2.05) is 0 Å². The number of aliphatic hydroxyl groups excluding tert-OH is 1. The molecule has 0 saturated carbocycles. The number of rotatable bonds is 3. The summed E-state index contributed by atoms with van der Waals surface area (Å²) in [6, 6.07) is 4.34. The van der Waals surface area contributed by atoms with Gasteiger partial charge in [-0.15, -0.1) is 0 Å². The number of ether oxygens (including phenoxy) is 1. The van der Waals surface area contributed by atoms with Crippen LogP contribution in [-0.4, -0.2) is 11.2 Å². The first-order valence-corrected chi connectivity index (χ1v) is 4.58. The largest absolute Gasteiger partial charge is 0.490 e. The molecule has 0 aromatic heterocycles. The fraction of sp³-hybridized carbons (Fsp3) is 0.364. The molecular weight excluding hydrogens is 197 g/mol. The number of nitrogens with zero attached hydrogens (tertiary/aromatic N) is 1. The molecule has 0 saturated heterocycles. The van der Waals surface area contributed by atoms with Crippen molar-refractivity contribution in [2.75, 3.05) is 0 Å². The van der Waals surface area contributed by atoms with Gasteiger partial charge in [-0.25, -0.2) is 4.39 Å². The Morgan fingerprint density at radius 3 is 2.67 bits per heavy atom. The lowest BCUT2D eigenvalue weighted by molar-refractivity contribution is 0.238. The molecule has 0 heterocycles. The van der Waals surface area contributed by atoms with Crippen LogP contribution in [-0.2, 0) is 6.61 Å². The second kappa shape index (κ2) is 4.76. The van der Waals surface area contributed by atoms with E-state index < -0.39 is 5.82 Å². The highest BCUT2D eigenvalue weighted by molar-refractivity contribution is 5.46. The first-order chi connectivity index (χ1) is 7.08. The number of hydrogen-bond acceptors (Lipinski definition) is 3. The highest BCUT2D eigenvalue weighted by Gasteiger charge is 2.12. The molecule has 1 aromatic carbocycles. The first kappa shape index (κ1) is 11.5. The molecule has 1 rings (SSSR count). The zero-order chi connectivity index (χ0) is 11.4. The SMILES string of the molecule is CC(C)Oc1cc(CO)cc(F)c1C#N. The maximum Gasteiger partial charge on any atom is 0.145 e. The van der Waals surface area contributed by atoms with Crippen LogP contribution in [0.3, 0.4) is 0 Å². The molecule has 0 bridgehead atoms. The van der Waals surface area contributed by atoms with Crippen LogP contribution in [0, 0.1) is 17.1 Å². The molecule has 0 aliphatic rings. The van der Waals surface area contributed by atoms with E-state index in [4.69, 9.17) is 15.1 Å². The lowest BCUT2D eigenvalue weighted by atomic mass is 10.1. The third-order valence-electron chi connectivity index (χ3n) is 1.77. The minimum atomic E-state index is -0.667. The van der Waals surface area contributed by atoms with Crippen molar-refractivity contribution in [1.29, 1.82) is 5.26 Å². The molecule has 1 N–H and O–H groups in total. The van der Waals surface area contributed by atoms with Crippen molar-refractivity contribution >= 4 is 0 Å². The Morgan fingerprint density at radius 1 is 1.53 bits per heavy atom. The molecule has 0 unspecified atom stereocenters. The molecule has 1 aromatic rings. The van der Waals surface area contributed by atoms with Crippen molar-refractivity contribution in [2.24, 2.45) is 0 Å². The van der Waals surface area contributed by atoms with Crippen LogP contribution >= 0.6 is 0 Å². The number of halogens is 1. The fourth-order valence-electron chi connectivity index (χ4n) is 1.18. The van der Waals surface area contributed by atoms with Crippen molar-refractivity contribution in [3.63, 3.8) is 0 Å². The van der Waals surface area contributed by atoms with E-state index in [0.29, 0.717) is 5.56 Å². The van der Waals surface area contributed by atoms with Crippen LogP contribution < -0.4 is 4.74 Å². The summed E-state index contributed by atoms with van der Waals surface area (Å²) in [4.78, 5) is 0. The van der Waals surface area contributed by atoms with Crippen LogP contribution in [0.5, 0.6) is 5.75 Å². The van der Waals surface area contributed by atoms with Gasteiger partial charge in [-0.3, -0.25) is 0 Å². The Bertz CT molecular complexity index is 396. The van der Waals surface area contributed by atoms with E-state index in [1.54, 1.807) is 19.9 Å². The normalized spacial score (nSPS) is 10.1. The number of aliphatic hydroxyl groups is 1. The summed E-state index contributed by atoms with van der Waals surface area (Å²) in [6.07, 6.45) is -0.148. The van der Waals surface area contributed by atoms with Crippen molar-refractivity contribution < 1.29 is 14.2 Å². The Morgan fingerprint density at radius 2 is 2.20 bits per heavy atom. The van der Waals surface area contributed by atoms with Crippen LogP contribution in [0.15, 0.2) is 12.1 Å². The molecule has 0 aliphatic heterocycles. The lowest BCUT2D eigenvalue weighted by Crippen LogP contribution is -2.08. The Kier molecular flexibility index (Phi) is 3.64. The minimum absolute atomic E-state index is 0.124. The van der Waals surface area contributed by atoms with Gasteiger partial charge in [0.2, 0.25) is 0 Å². The van der Waals surface area contributed by atoms with Gasteiger partial charge in [0.15, 0.2) is 0 Å². The first-order valence-electron chi connectivity index (χ1n) is 4.58. The minimum Gasteiger partial charge on any atom is -0.490 e. The van der Waals surface area contributed by atoms with Crippen molar-refractivity contribution in [3.05, 3.63) is 29.1 Å². The van der Waals surface area contributed by atoms with Gasteiger partial charge in [-0.2, -0.15) is 5.26 Å². The second-order valence-corrected chi connectivity index (χ2v) is 3.39. The van der Waals surface area contributed by atoms with Gasteiger partial charge < -0.3 is 9.84 Å². The molecule has 0 fully saturated rings. The number of hydrogen-bond donors (Lipinski definition) is 1. The quantitative estimate of drug-likeness (QED) is 0.828. The maximum atomic E-state index is 13.3. The summed E-state index contributed by atoms with van der Waals surface area (Å²) in [5.74, 6) is -0.490. The average Bonchev–Trinajstić information content (AvgIpc) is 2.16. The molecule has 80 valence electrons. The highest BCUT2D eigenvalue weighted by Crippen LogP contribution is 2.24. The van der Waals surface area contributed by atoms with Gasteiger partial charge in [0.1, 0.15) is 23.2 Å². The zero-order valence-electron chi connectivity index (χ0n) is 8.62. The summed E-state index contributed by atoms with van der Waals surface area (Å²) in [6.45, 7) is 3.28. The molecule has 0 aliphatic carbocycles. The van der Waals surface area contributed by atoms with E-state index in [0.717, 1.165) is 6.07 Å². The maximum absolute atomic E-state index is 13.3. The van der Waals surface area contributed by atoms with Crippen molar-refractivity contribution in [1.82, 2.24) is 0 Å². The van der Waals surface area contributed by atoms with Gasteiger partial charge >= 0.3 is 0 Å². The van der Waals surface area contributed by atoms with E-state index in [-0.39, 0.29) is 24.0 Å². The van der Waals surface area contributed by atoms with Gasteiger partial charge in [-0.1, -0.05) is 0 Å². The van der Waals surface area contributed by atoms with Gasteiger partial charge in [0.25, 0.3) is 0 Å². The third kappa shape index (κ3) is 2.67. The number of nitriles is 1. The van der Waals surface area contributed by atoms with E-state index in [1.165, 1.54) is 6.07 Å². The zero-order valence-corrected chi connectivity index (χ0v) is 8.62. The molecule has 0 spiro atoms. The van der Waals surface area contributed by atoms with Crippen LogP contribution in [0.1, 0.15) is 25.0 Å². The summed E-state index contributed by atoms with van der Waals surface area (Å²) in [5, 5.41) is 17.6. The Hall–Kier alpha value is -1.60. The van der Waals surface area contributed by atoms with Crippen molar-refractivity contribution in [2.45, 2.75) is 26.6 Å². The van der Waals surface area contributed by atoms with Crippen molar-refractivity contribution in [3.8, 4) is 11.8 Å². The third-order valence-corrected chi connectivity index (χ3v) is 1.77. The summed E-state index contributed by atoms with van der Waals surface area (Å²) in [7, 11) is 0. The summed E-state index contributed by atoms with van der Waals surface area (Å²) >= 11 is 0. The fourth-order valence-corrected chi connectivity index (χ4v) is 1.18. The van der Waals surface area contributed by atoms with Crippen LogP contribution in [0.4, 0.5) is 4.39 Å². The molecule has 0 radical (unpaired) electrons. The molecule has 0 atom stereocenters. The summed E-state index contributed by atoms with van der Waals surface area (Å²) < 4.78 is 18.6. The number of benzene rings is 1. The molecule has 0 amide bonds. The molecule has 3 nitrogen and oxygen atoms in total. The molecular formula is C11H12FNO2. The topological polar surface area (TPSA) is 53.2 Å². The van der Waals surface area contributed by atoms with Gasteiger partial charge in [0.05, 0.1) is 12.7 Å². The Balaban J connectivity index is 3.21.